The SMILES string of the molecule is CCC(C)Oc1cccc(C2Oc3cc(-c4cnc(C5CCCN5C(O)C(N)C(C)C)[nH]4)ccc3-c3cc4cc(-c5cnc(C6CCCN6C(=O)C(NC(=O)OC)C(C)C)[nH]5)ccc4n32)c1. The molecule has 66 heavy (non-hydrogen) atoms. The van der Waals surface area contributed by atoms with E-state index in [-0.39, 0.29) is 42.0 Å². The maximum atomic E-state index is 13.8. The number of carbonyl (C=O) groups is 2. The highest BCUT2D eigenvalue weighted by molar-refractivity contribution is 5.92. The average Bonchev–Trinajstić information content (AvgIpc) is 4.18. The molecule has 6 aromatic rings. The quantitative estimate of drug-likeness (QED) is 0.0708. The molecule has 3 aliphatic heterocycles. The molecule has 3 aromatic carbocycles. The summed E-state index contributed by atoms with van der Waals surface area (Å²) in [7, 11) is 1.30. The molecule has 7 unspecified atom stereocenters. The summed E-state index contributed by atoms with van der Waals surface area (Å²) >= 11 is 0. The molecule has 2 fully saturated rings. The molecule has 0 bridgehead atoms. The fourth-order valence-corrected chi connectivity index (χ4v) is 9.77. The molecule has 3 aromatic heterocycles. The minimum atomic E-state index is -0.754. The van der Waals surface area contributed by atoms with Gasteiger partial charge in [0.25, 0.3) is 0 Å². The first-order chi connectivity index (χ1) is 31.8. The van der Waals surface area contributed by atoms with Gasteiger partial charge in [-0.2, -0.15) is 0 Å². The molecule has 2 amide bonds. The second-order valence-corrected chi connectivity index (χ2v) is 18.8. The van der Waals surface area contributed by atoms with Gasteiger partial charge in [-0.05, 0) is 93.3 Å². The van der Waals surface area contributed by atoms with Gasteiger partial charge in [0.2, 0.25) is 12.1 Å². The number of alkyl carbamates (subject to hydrolysis) is 1. The predicted octanol–water partition coefficient (Wildman–Crippen LogP) is 8.69. The smallest absolute Gasteiger partial charge is 0.407 e. The molecule has 0 spiro atoms. The van der Waals surface area contributed by atoms with Crippen LogP contribution in [0.3, 0.4) is 0 Å². The highest BCUT2D eigenvalue weighted by Gasteiger charge is 2.39. The van der Waals surface area contributed by atoms with Crippen LogP contribution in [0.25, 0.3) is 44.7 Å². The van der Waals surface area contributed by atoms with Gasteiger partial charge in [0, 0.05) is 46.8 Å². The van der Waals surface area contributed by atoms with E-state index in [0.717, 1.165) is 106 Å². The van der Waals surface area contributed by atoms with Crippen molar-refractivity contribution in [2.45, 2.75) is 116 Å². The van der Waals surface area contributed by atoms with Crippen molar-refractivity contribution in [3.63, 3.8) is 0 Å². The average molecular weight is 898 g/mol. The molecule has 9 rings (SSSR count). The monoisotopic (exact) mass is 897 g/mol. The van der Waals surface area contributed by atoms with E-state index in [1.165, 1.54) is 7.11 Å². The van der Waals surface area contributed by atoms with E-state index in [0.29, 0.717) is 12.4 Å². The number of imidazole rings is 2. The van der Waals surface area contributed by atoms with Crippen molar-refractivity contribution in [2.24, 2.45) is 17.6 Å². The van der Waals surface area contributed by atoms with Crippen molar-refractivity contribution in [3.8, 4) is 45.3 Å². The van der Waals surface area contributed by atoms with Gasteiger partial charge in [-0.1, -0.05) is 58.9 Å². The number of fused-ring (bicyclic) bond motifs is 5. The summed E-state index contributed by atoms with van der Waals surface area (Å²) in [6, 6.07) is 21.7. The highest BCUT2D eigenvalue weighted by atomic mass is 16.5. The number of carbonyl (C=O) groups excluding carboxylic acids is 2. The van der Waals surface area contributed by atoms with Crippen LogP contribution in [0.2, 0.25) is 0 Å². The van der Waals surface area contributed by atoms with Gasteiger partial charge in [0.1, 0.15) is 35.4 Å². The number of amides is 2. The lowest BCUT2D eigenvalue weighted by Crippen LogP contribution is -2.51. The summed E-state index contributed by atoms with van der Waals surface area (Å²) in [4.78, 5) is 46.6. The van der Waals surface area contributed by atoms with Gasteiger partial charge in [-0.3, -0.25) is 9.69 Å². The lowest BCUT2D eigenvalue weighted by Gasteiger charge is -2.33. The third-order valence-corrected chi connectivity index (χ3v) is 13.7. The Labute approximate surface area is 386 Å². The number of likely N-dealkylation sites (tertiary alicyclic amines) is 2. The maximum Gasteiger partial charge on any atom is 0.407 e. The first kappa shape index (κ1) is 45.0. The van der Waals surface area contributed by atoms with E-state index in [1.807, 2.05) is 57.1 Å². The van der Waals surface area contributed by atoms with Crippen LogP contribution in [-0.2, 0) is 9.53 Å². The molecular weight excluding hydrogens is 835 g/mol. The fraction of sp³-hybridized carbons (Fsp3) is 0.451. The van der Waals surface area contributed by atoms with Crippen LogP contribution in [-0.4, -0.2) is 96.0 Å². The van der Waals surface area contributed by atoms with Crippen molar-refractivity contribution >= 4 is 22.9 Å². The topological polar surface area (TPSA) is 189 Å². The number of nitrogens with one attached hydrogen (secondary N) is 3. The van der Waals surface area contributed by atoms with Crippen LogP contribution in [0.15, 0.2) is 79.1 Å². The third kappa shape index (κ3) is 8.55. The van der Waals surface area contributed by atoms with Gasteiger partial charge in [0.15, 0.2) is 0 Å². The van der Waals surface area contributed by atoms with Crippen LogP contribution >= 0.6 is 0 Å². The minimum Gasteiger partial charge on any atom is -0.491 e. The number of rotatable bonds is 14. The highest BCUT2D eigenvalue weighted by Crippen LogP contribution is 2.47. The fourth-order valence-electron chi connectivity index (χ4n) is 9.77. The minimum absolute atomic E-state index is 0.0587. The number of aliphatic hydroxyl groups excluding tert-OH is 1. The lowest BCUT2D eigenvalue weighted by atomic mass is 10.0. The molecule has 15 heteroatoms. The summed E-state index contributed by atoms with van der Waals surface area (Å²) < 4.78 is 20.4. The first-order valence-electron chi connectivity index (χ1n) is 23.5. The van der Waals surface area contributed by atoms with Gasteiger partial charge >= 0.3 is 6.09 Å². The molecular formula is C51H63N9O6. The summed E-state index contributed by atoms with van der Waals surface area (Å²) in [5.74, 6) is 2.93. The van der Waals surface area contributed by atoms with Crippen LogP contribution in [0.5, 0.6) is 11.5 Å². The number of hydrogen-bond donors (Lipinski definition) is 5. The molecule has 15 nitrogen and oxygen atoms in total. The number of nitrogens with two attached hydrogens (primary N) is 1. The van der Waals surface area contributed by atoms with Gasteiger partial charge in [-0.25, -0.2) is 14.8 Å². The molecule has 6 heterocycles. The Morgan fingerprint density at radius 2 is 1.59 bits per heavy atom. The van der Waals surface area contributed by atoms with Crippen LogP contribution in [0.1, 0.15) is 109 Å². The van der Waals surface area contributed by atoms with E-state index in [4.69, 9.17) is 29.9 Å². The zero-order valence-electron chi connectivity index (χ0n) is 39.0. The molecule has 6 N–H and O–H groups in total. The standard InChI is InChI=1S/C51H63N9O6/c1-8-30(6)65-35-13-9-12-33(23-35)50-60-39-19-17-31(37-26-53-47(55-37)41-15-11-21-59(41)49(62)45(29(4)5)57-51(63)64-7)22-34(39)24-42(60)36-18-16-32(25-43(36)66-50)38-27-54-46(56-38)40-14-10-20-58(40)48(61)44(52)28(2)3/h9,12-13,16-19,22-30,40-41,44-45,48,50,61H,8,10-11,14-15,20-21,52H2,1-7H3,(H,53,55)(H,54,56)(H,57,63). The maximum absolute atomic E-state index is 13.8. The molecule has 0 saturated carbocycles. The Morgan fingerprint density at radius 3 is 2.30 bits per heavy atom. The number of aliphatic hydroxyl groups is 1. The Morgan fingerprint density at radius 1 is 0.894 bits per heavy atom. The van der Waals surface area contributed by atoms with E-state index in [9.17, 15) is 14.7 Å². The Bertz CT molecular complexity index is 2700. The molecule has 2 saturated heterocycles. The molecule has 3 aliphatic rings. The van der Waals surface area contributed by atoms with Gasteiger partial charge in [0.05, 0.1) is 60.3 Å². The van der Waals surface area contributed by atoms with Crippen LogP contribution in [0.4, 0.5) is 4.79 Å². The number of hydrogen-bond acceptors (Lipinski definition) is 10. The summed E-state index contributed by atoms with van der Waals surface area (Å²) in [5.41, 5.74) is 13.9. The van der Waals surface area contributed by atoms with Crippen LogP contribution < -0.4 is 20.5 Å². The number of methoxy groups -OCH3 is 1. The van der Waals surface area contributed by atoms with E-state index >= 15 is 0 Å². The zero-order chi connectivity index (χ0) is 46.4. The number of aromatic amines is 2. The molecule has 7 atom stereocenters. The van der Waals surface area contributed by atoms with Crippen molar-refractivity contribution in [3.05, 3.63) is 96.3 Å². The molecule has 0 aliphatic carbocycles. The van der Waals surface area contributed by atoms with Crippen molar-refractivity contribution in [2.75, 3.05) is 20.2 Å². The number of ether oxygens (including phenoxy) is 3. The second-order valence-electron chi connectivity index (χ2n) is 18.8. The van der Waals surface area contributed by atoms with Crippen molar-refractivity contribution in [1.29, 1.82) is 0 Å². The third-order valence-electron chi connectivity index (χ3n) is 13.7. The van der Waals surface area contributed by atoms with Crippen molar-refractivity contribution in [1.82, 2.24) is 39.6 Å². The van der Waals surface area contributed by atoms with Crippen molar-refractivity contribution < 1.29 is 28.9 Å². The van der Waals surface area contributed by atoms with E-state index in [1.54, 1.807) is 0 Å². The molecule has 348 valence electrons. The number of nitrogens with zero attached hydrogens (tertiary/aromatic N) is 5. The number of benzene rings is 3. The van der Waals surface area contributed by atoms with Gasteiger partial charge in [-0.15, -0.1) is 0 Å². The zero-order valence-corrected chi connectivity index (χ0v) is 39.0. The van der Waals surface area contributed by atoms with E-state index < -0.39 is 24.6 Å². The predicted molar refractivity (Wildman–Crippen MR) is 253 cm³/mol. The number of H-pyrrole nitrogens is 2. The Kier molecular flexibility index (Phi) is 12.7. The van der Waals surface area contributed by atoms with Gasteiger partial charge < -0.3 is 49.8 Å². The first-order valence-corrected chi connectivity index (χ1v) is 23.5. The normalized spacial score (nSPS) is 20.2. The largest absolute Gasteiger partial charge is 0.491 e. The summed E-state index contributed by atoms with van der Waals surface area (Å²) in [6.07, 6.45) is 6.19. The van der Waals surface area contributed by atoms with E-state index in [2.05, 4.69) is 93.2 Å². The summed E-state index contributed by atoms with van der Waals surface area (Å²) in [6.45, 7) is 13.4. The Hall–Kier alpha value is -6.16. The van der Waals surface area contributed by atoms with Crippen LogP contribution in [0, 0.1) is 11.8 Å². The second kappa shape index (κ2) is 18.6. The summed E-state index contributed by atoms with van der Waals surface area (Å²) in [5, 5.41) is 15.0. The lowest BCUT2D eigenvalue weighted by molar-refractivity contribution is -0.135. The number of aromatic nitrogens is 5. The molecule has 0 radical (unpaired) electrons. The Balaban J connectivity index is 1.05.